The molecule has 2 aromatic carbocycles. The molecule has 0 saturated heterocycles. The van der Waals surface area contributed by atoms with Crippen molar-refractivity contribution in [3.05, 3.63) is 76.6 Å². The van der Waals surface area contributed by atoms with E-state index < -0.39 is 30.4 Å². The van der Waals surface area contributed by atoms with Crippen molar-refractivity contribution < 1.29 is 64.0 Å². The van der Waals surface area contributed by atoms with Crippen LogP contribution in [-0.2, 0) is 77.1 Å². The standard InChI is InChI=1S/C48H73N3O14P4/c1-10-57-48(52)28-22-20-19-21-25-42-31-32-43(47-27-24-23-26-46(42)47)30-29-41-33-44(35-50(37-66(53,58-11-2)59-12-3)38-67(54,60-13-4)61-14-5)49-45(34-41)36-51(39-68(55,62-15-6)63-16-7)40-69(56,64-17-8)65-18-9/h23-24,26-27,31-34H,10-20,22,28,35-40H2,1-9H3. The Morgan fingerprint density at radius 1 is 0.507 bits per heavy atom. The Bertz CT molecular complexity index is 2210. The van der Waals surface area contributed by atoms with Gasteiger partial charge in [0, 0.05) is 42.6 Å². The molecule has 1 aromatic heterocycles. The summed E-state index contributed by atoms with van der Waals surface area (Å²) in [6, 6.07) is 15.3. The predicted octanol–water partition coefficient (Wildman–Crippen LogP) is 11.6. The van der Waals surface area contributed by atoms with E-state index in [2.05, 4.69) is 23.7 Å². The minimum absolute atomic E-state index is 0.0390. The van der Waals surface area contributed by atoms with Gasteiger partial charge in [0.2, 0.25) is 0 Å². The van der Waals surface area contributed by atoms with Crippen LogP contribution in [-0.4, -0.2) is 105 Å². The van der Waals surface area contributed by atoms with Gasteiger partial charge in [-0.05, 0) is 110 Å². The van der Waals surface area contributed by atoms with Crippen molar-refractivity contribution in [1.82, 2.24) is 14.8 Å². The third-order valence-corrected chi connectivity index (χ3v) is 17.7. The van der Waals surface area contributed by atoms with Gasteiger partial charge >= 0.3 is 36.4 Å². The fraction of sp³-hybridized carbons (Fsp3) is 0.583. The van der Waals surface area contributed by atoms with Gasteiger partial charge in [-0.25, -0.2) is 0 Å². The third-order valence-electron chi connectivity index (χ3n) is 9.53. The fourth-order valence-corrected chi connectivity index (χ4v) is 14.4. The Kier molecular flexibility index (Phi) is 27.4. The first-order chi connectivity index (χ1) is 33.1. The molecule has 0 aliphatic carbocycles. The smallest absolute Gasteiger partial charge is 0.344 e. The molecule has 0 unspecified atom stereocenters. The molecular weight excluding hydrogens is 966 g/mol. The van der Waals surface area contributed by atoms with E-state index in [0.717, 1.165) is 28.3 Å². The van der Waals surface area contributed by atoms with Gasteiger partial charge in [0.05, 0.1) is 70.8 Å². The second-order valence-electron chi connectivity index (χ2n) is 15.1. The number of pyridine rings is 1. The summed E-state index contributed by atoms with van der Waals surface area (Å²) >= 11 is 0. The summed E-state index contributed by atoms with van der Waals surface area (Å²) in [4.78, 5) is 20.0. The lowest BCUT2D eigenvalue weighted by Crippen LogP contribution is -2.30. The highest BCUT2D eigenvalue weighted by Gasteiger charge is 2.36. The maximum Gasteiger partial charge on any atom is 0.344 e. The number of fused-ring (bicyclic) bond motifs is 1. The van der Waals surface area contributed by atoms with Gasteiger partial charge in [-0.1, -0.05) is 47.9 Å². The molecule has 0 radical (unpaired) electrons. The molecule has 384 valence electrons. The summed E-state index contributed by atoms with van der Waals surface area (Å²) in [6.45, 7) is 16.5. The minimum Gasteiger partial charge on any atom is -0.466 e. The Balaban J connectivity index is 2.24. The molecule has 0 fully saturated rings. The number of ether oxygens (including phenoxy) is 1. The molecule has 0 aliphatic rings. The van der Waals surface area contributed by atoms with Gasteiger partial charge in [-0.3, -0.25) is 37.8 Å². The van der Waals surface area contributed by atoms with Crippen molar-refractivity contribution in [2.45, 2.75) is 101 Å². The first kappa shape index (κ1) is 60.3. The summed E-state index contributed by atoms with van der Waals surface area (Å²) in [5.41, 5.74) is 2.95. The van der Waals surface area contributed by atoms with Crippen molar-refractivity contribution in [3.8, 4) is 23.7 Å². The van der Waals surface area contributed by atoms with Crippen molar-refractivity contribution in [1.29, 1.82) is 0 Å². The van der Waals surface area contributed by atoms with Crippen LogP contribution >= 0.6 is 30.4 Å². The Labute approximate surface area is 410 Å². The molecule has 17 nitrogen and oxygen atoms in total. The zero-order chi connectivity index (χ0) is 50.8. The molecule has 0 N–H and O–H groups in total. The minimum atomic E-state index is -3.77. The maximum atomic E-state index is 14.1. The summed E-state index contributed by atoms with van der Waals surface area (Å²) in [6.07, 6.45) is 1.37. The molecule has 0 saturated carbocycles. The SMILES string of the molecule is CCOC(=O)CCCCC#Cc1ccc(C#Cc2cc(CN(CP(=O)(OCC)OCC)CP(=O)(OCC)OCC)nc(CN(CP(=O)(OCC)OCC)CP(=O)(OCC)OCC)c2)c2ccccc12. The van der Waals surface area contributed by atoms with E-state index in [1.165, 1.54) is 0 Å². The average molecular weight is 1040 g/mol. The Morgan fingerprint density at radius 2 is 0.884 bits per heavy atom. The normalized spacial score (nSPS) is 12.3. The van der Waals surface area contributed by atoms with Crippen LogP contribution in [0.3, 0.4) is 0 Å². The molecule has 21 heteroatoms. The van der Waals surface area contributed by atoms with Crippen LogP contribution in [0.25, 0.3) is 10.8 Å². The van der Waals surface area contributed by atoms with Gasteiger partial charge in [-0.15, -0.1) is 0 Å². The zero-order valence-corrected chi connectivity index (χ0v) is 45.5. The number of esters is 1. The van der Waals surface area contributed by atoms with Crippen LogP contribution in [0, 0.1) is 23.7 Å². The van der Waals surface area contributed by atoms with Crippen LogP contribution in [0.4, 0.5) is 0 Å². The molecule has 69 heavy (non-hydrogen) atoms. The average Bonchev–Trinajstić information content (AvgIpc) is 3.27. The number of nitrogens with zero attached hydrogens (tertiary/aromatic N) is 3. The molecule has 3 rings (SSSR count). The fourth-order valence-electron chi connectivity index (χ4n) is 7.19. The highest BCUT2D eigenvalue weighted by molar-refractivity contribution is 7.55. The van der Waals surface area contributed by atoms with Crippen LogP contribution in [0.2, 0.25) is 0 Å². The largest absolute Gasteiger partial charge is 0.466 e. The lowest BCUT2D eigenvalue weighted by molar-refractivity contribution is -0.143. The number of hydrogen-bond donors (Lipinski definition) is 0. The zero-order valence-electron chi connectivity index (χ0n) is 41.9. The lowest BCUT2D eigenvalue weighted by atomic mass is 9.99. The van der Waals surface area contributed by atoms with Crippen LogP contribution in [0.1, 0.15) is 116 Å². The Morgan fingerprint density at radius 3 is 1.25 bits per heavy atom. The number of carbonyl (C=O) groups is 1. The number of aromatic nitrogens is 1. The number of rotatable bonds is 33. The van der Waals surface area contributed by atoms with Gasteiger partial charge in [0.25, 0.3) is 0 Å². The molecule has 0 aliphatic heterocycles. The van der Waals surface area contributed by atoms with Crippen LogP contribution in [0.5, 0.6) is 0 Å². The predicted molar refractivity (Wildman–Crippen MR) is 270 cm³/mol. The van der Waals surface area contributed by atoms with Crippen molar-refractivity contribution in [2.24, 2.45) is 0 Å². The third kappa shape index (κ3) is 21.3. The number of benzene rings is 2. The van der Waals surface area contributed by atoms with E-state index in [4.69, 9.17) is 45.9 Å². The molecule has 0 bridgehead atoms. The van der Waals surface area contributed by atoms with E-state index >= 15 is 0 Å². The van der Waals surface area contributed by atoms with E-state index in [1.54, 1.807) is 84.2 Å². The quantitative estimate of drug-likeness (QED) is 0.0242. The molecule has 1 heterocycles. The van der Waals surface area contributed by atoms with E-state index in [-0.39, 0.29) is 97.1 Å². The van der Waals surface area contributed by atoms with Gasteiger partial charge in [0.1, 0.15) is 25.1 Å². The summed E-state index contributed by atoms with van der Waals surface area (Å²) in [5.74, 6) is 13.0. The monoisotopic (exact) mass is 1040 g/mol. The molecule has 0 atom stereocenters. The van der Waals surface area contributed by atoms with Crippen molar-refractivity contribution in [2.75, 3.05) is 84.6 Å². The first-order valence-electron chi connectivity index (χ1n) is 23.7. The summed E-state index contributed by atoms with van der Waals surface area (Å²) in [5, 5.41) is 1.81. The summed E-state index contributed by atoms with van der Waals surface area (Å²) < 4.78 is 107. The van der Waals surface area contributed by atoms with Crippen molar-refractivity contribution >= 4 is 47.1 Å². The second-order valence-corrected chi connectivity index (χ2v) is 23.2. The van der Waals surface area contributed by atoms with Crippen LogP contribution < -0.4 is 0 Å². The highest BCUT2D eigenvalue weighted by atomic mass is 31.2. The Hall–Kier alpha value is -3.04. The second kappa shape index (κ2) is 31.4. The number of hydrogen-bond acceptors (Lipinski definition) is 17. The first-order valence-corrected chi connectivity index (χ1v) is 30.6. The van der Waals surface area contributed by atoms with E-state index in [1.807, 2.05) is 36.4 Å². The molecule has 0 spiro atoms. The van der Waals surface area contributed by atoms with Crippen molar-refractivity contribution in [3.63, 3.8) is 0 Å². The molecular formula is C48H73N3O14P4. The highest BCUT2D eigenvalue weighted by Crippen LogP contribution is 2.55. The van der Waals surface area contributed by atoms with Gasteiger partial charge in [0.15, 0.2) is 0 Å². The molecule has 0 amide bonds. The maximum absolute atomic E-state index is 14.1. The van der Waals surface area contributed by atoms with Gasteiger partial charge < -0.3 is 40.9 Å². The number of unbranched alkanes of at least 4 members (excludes halogenated alkanes) is 2. The van der Waals surface area contributed by atoms with E-state index in [0.29, 0.717) is 42.8 Å². The van der Waals surface area contributed by atoms with Gasteiger partial charge in [-0.2, -0.15) is 0 Å². The number of carbonyl (C=O) groups excluding carboxylic acids is 1. The summed E-state index contributed by atoms with van der Waals surface area (Å²) in [7, 11) is -15.1. The topological polar surface area (TPSA) is 188 Å². The lowest BCUT2D eigenvalue weighted by Gasteiger charge is -2.30. The van der Waals surface area contributed by atoms with E-state index in [9.17, 15) is 23.1 Å². The molecule has 3 aromatic rings. The van der Waals surface area contributed by atoms with Crippen LogP contribution in [0.15, 0.2) is 48.5 Å².